The van der Waals surface area contributed by atoms with Crippen molar-refractivity contribution in [2.45, 2.75) is 13.8 Å². The van der Waals surface area contributed by atoms with Gasteiger partial charge in [0, 0.05) is 0 Å². The second-order valence-corrected chi connectivity index (χ2v) is 2.57. The van der Waals surface area contributed by atoms with Crippen molar-refractivity contribution in [1.82, 2.24) is 0 Å². The van der Waals surface area contributed by atoms with Gasteiger partial charge in [0.1, 0.15) is 0 Å². The molecule has 72 valence electrons. The molecule has 0 aromatic heterocycles. The first kappa shape index (κ1) is 9.89. The molecule has 0 bridgehead atoms. The van der Waals surface area contributed by atoms with Crippen LogP contribution in [-0.2, 0) is 0 Å². The number of hydrogen-bond acceptors (Lipinski definition) is 1. The summed E-state index contributed by atoms with van der Waals surface area (Å²) in [5.41, 5.74) is 0.0300. The summed E-state index contributed by atoms with van der Waals surface area (Å²) in [6, 6.07) is 1.14. The quantitative estimate of drug-likeness (QED) is 0.651. The first-order valence-corrected chi connectivity index (χ1v) is 3.84. The van der Waals surface area contributed by atoms with Crippen LogP contribution in [0.3, 0.4) is 0 Å². The summed E-state index contributed by atoms with van der Waals surface area (Å²) in [4.78, 5) is 0. The van der Waals surface area contributed by atoms with E-state index in [-0.39, 0.29) is 17.9 Å². The Bertz CT molecular complexity index is 323. The standard InChI is InChI=1S/C9H9F3O/c1-3-13-6-4-5(2)7(10)9(12)8(6)11/h4H,3H2,1-2H3. The minimum absolute atomic E-state index is 0.0300. The molecule has 0 N–H and O–H groups in total. The average molecular weight is 190 g/mol. The second-order valence-electron chi connectivity index (χ2n) is 2.57. The van der Waals surface area contributed by atoms with Crippen LogP contribution >= 0.6 is 0 Å². The molecule has 0 saturated carbocycles. The van der Waals surface area contributed by atoms with Crippen LogP contribution in [0.15, 0.2) is 6.07 Å². The Morgan fingerprint density at radius 3 is 2.31 bits per heavy atom. The van der Waals surface area contributed by atoms with Gasteiger partial charge in [-0.1, -0.05) is 0 Å². The highest BCUT2D eigenvalue weighted by molar-refractivity contribution is 5.31. The predicted molar refractivity (Wildman–Crippen MR) is 42.2 cm³/mol. The molecule has 1 nitrogen and oxygen atoms in total. The summed E-state index contributed by atoms with van der Waals surface area (Å²) in [6.07, 6.45) is 0. The predicted octanol–water partition coefficient (Wildman–Crippen LogP) is 2.81. The van der Waals surface area contributed by atoms with Crippen molar-refractivity contribution in [2.24, 2.45) is 0 Å². The first-order valence-electron chi connectivity index (χ1n) is 3.84. The normalized spacial score (nSPS) is 10.2. The maximum atomic E-state index is 12.9. The molecule has 0 saturated heterocycles. The molecule has 0 radical (unpaired) electrons. The van der Waals surface area contributed by atoms with Gasteiger partial charge in [0.05, 0.1) is 6.61 Å². The van der Waals surface area contributed by atoms with E-state index < -0.39 is 17.5 Å². The van der Waals surface area contributed by atoms with Crippen molar-refractivity contribution in [2.75, 3.05) is 6.61 Å². The number of ether oxygens (including phenoxy) is 1. The Morgan fingerprint density at radius 1 is 1.15 bits per heavy atom. The van der Waals surface area contributed by atoms with E-state index in [0.29, 0.717) is 0 Å². The minimum atomic E-state index is -1.48. The molecule has 0 aliphatic carbocycles. The Hall–Kier alpha value is -1.19. The lowest BCUT2D eigenvalue weighted by atomic mass is 10.2. The Kier molecular flexibility index (Phi) is 2.80. The van der Waals surface area contributed by atoms with Crippen LogP contribution in [0.1, 0.15) is 12.5 Å². The lowest BCUT2D eigenvalue weighted by Crippen LogP contribution is -2.01. The van der Waals surface area contributed by atoms with Crippen LogP contribution in [-0.4, -0.2) is 6.61 Å². The molecule has 4 heteroatoms. The third-order valence-corrected chi connectivity index (χ3v) is 1.60. The number of benzene rings is 1. The third kappa shape index (κ3) is 1.76. The SMILES string of the molecule is CCOc1cc(C)c(F)c(F)c1F. The zero-order valence-corrected chi connectivity index (χ0v) is 7.33. The first-order chi connectivity index (χ1) is 6.07. The van der Waals surface area contributed by atoms with Gasteiger partial charge < -0.3 is 4.74 Å². The number of halogens is 3. The van der Waals surface area contributed by atoms with E-state index in [0.717, 1.165) is 6.07 Å². The number of hydrogen-bond donors (Lipinski definition) is 0. The van der Waals surface area contributed by atoms with E-state index in [9.17, 15) is 13.2 Å². The fourth-order valence-electron chi connectivity index (χ4n) is 0.962. The Balaban J connectivity index is 3.24. The van der Waals surface area contributed by atoms with Gasteiger partial charge >= 0.3 is 0 Å². The van der Waals surface area contributed by atoms with E-state index in [1.165, 1.54) is 6.92 Å². The number of rotatable bonds is 2. The van der Waals surface area contributed by atoms with Crippen LogP contribution in [0, 0.1) is 24.4 Å². The topological polar surface area (TPSA) is 9.23 Å². The summed E-state index contributed by atoms with van der Waals surface area (Å²) in [5.74, 6) is -4.17. The summed E-state index contributed by atoms with van der Waals surface area (Å²) in [7, 11) is 0. The van der Waals surface area contributed by atoms with E-state index in [1.807, 2.05) is 0 Å². The average Bonchev–Trinajstić information content (AvgIpc) is 2.11. The van der Waals surface area contributed by atoms with Gasteiger partial charge in [-0.2, -0.15) is 4.39 Å². The van der Waals surface area contributed by atoms with E-state index >= 15 is 0 Å². The molecule has 0 aliphatic rings. The van der Waals surface area contributed by atoms with Crippen LogP contribution in [0.25, 0.3) is 0 Å². The smallest absolute Gasteiger partial charge is 0.203 e. The summed E-state index contributed by atoms with van der Waals surface area (Å²) in [6.45, 7) is 3.19. The van der Waals surface area contributed by atoms with Crippen molar-refractivity contribution in [3.63, 3.8) is 0 Å². The second kappa shape index (κ2) is 3.68. The molecule has 0 heterocycles. The molecule has 13 heavy (non-hydrogen) atoms. The molecule has 1 rings (SSSR count). The third-order valence-electron chi connectivity index (χ3n) is 1.60. The molecule has 1 aromatic carbocycles. The monoisotopic (exact) mass is 190 g/mol. The summed E-state index contributed by atoms with van der Waals surface area (Å²) in [5, 5.41) is 0. The van der Waals surface area contributed by atoms with Gasteiger partial charge in [-0.25, -0.2) is 8.78 Å². The van der Waals surface area contributed by atoms with Crippen molar-refractivity contribution in [1.29, 1.82) is 0 Å². The molecule has 0 amide bonds. The van der Waals surface area contributed by atoms with Crippen molar-refractivity contribution in [3.05, 3.63) is 29.1 Å². The minimum Gasteiger partial charge on any atom is -0.491 e. The van der Waals surface area contributed by atoms with Gasteiger partial charge in [0.25, 0.3) is 0 Å². The molecule has 0 unspecified atom stereocenters. The molecule has 0 fully saturated rings. The van der Waals surface area contributed by atoms with Gasteiger partial charge in [0.15, 0.2) is 17.4 Å². The highest BCUT2D eigenvalue weighted by Crippen LogP contribution is 2.24. The zero-order valence-electron chi connectivity index (χ0n) is 7.33. The van der Waals surface area contributed by atoms with Crippen LogP contribution in [0.5, 0.6) is 5.75 Å². The summed E-state index contributed by atoms with van der Waals surface area (Å²) >= 11 is 0. The van der Waals surface area contributed by atoms with E-state index in [4.69, 9.17) is 4.74 Å². The maximum absolute atomic E-state index is 12.9. The van der Waals surface area contributed by atoms with Crippen molar-refractivity contribution >= 4 is 0 Å². The van der Waals surface area contributed by atoms with Crippen LogP contribution in [0.4, 0.5) is 13.2 Å². The van der Waals surface area contributed by atoms with Gasteiger partial charge in [-0.05, 0) is 25.5 Å². The fraction of sp³-hybridized carbons (Fsp3) is 0.333. The van der Waals surface area contributed by atoms with Gasteiger partial charge in [-0.3, -0.25) is 0 Å². The lowest BCUT2D eigenvalue weighted by Gasteiger charge is -2.07. The largest absolute Gasteiger partial charge is 0.491 e. The van der Waals surface area contributed by atoms with Crippen molar-refractivity contribution < 1.29 is 17.9 Å². The zero-order chi connectivity index (χ0) is 10.0. The van der Waals surface area contributed by atoms with E-state index in [2.05, 4.69) is 0 Å². The molecule has 1 aromatic rings. The van der Waals surface area contributed by atoms with Gasteiger partial charge in [0.2, 0.25) is 5.82 Å². The molecule has 0 spiro atoms. The fourth-order valence-corrected chi connectivity index (χ4v) is 0.962. The molecular weight excluding hydrogens is 181 g/mol. The maximum Gasteiger partial charge on any atom is 0.203 e. The van der Waals surface area contributed by atoms with Crippen molar-refractivity contribution in [3.8, 4) is 5.75 Å². The Morgan fingerprint density at radius 2 is 1.77 bits per heavy atom. The molecular formula is C9H9F3O. The molecule has 0 aliphatic heterocycles. The lowest BCUT2D eigenvalue weighted by molar-refractivity contribution is 0.308. The van der Waals surface area contributed by atoms with E-state index in [1.54, 1.807) is 6.92 Å². The summed E-state index contributed by atoms with van der Waals surface area (Å²) < 4.78 is 43.1. The van der Waals surface area contributed by atoms with Gasteiger partial charge in [-0.15, -0.1) is 0 Å². The highest BCUT2D eigenvalue weighted by Gasteiger charge is 2.16. The Labute approximate surface area is 74.1 Å². The molecule has 0 atom stereocenters. The number of aryl methyl sites for hydroxylation is 1. The highest BCUT2D eigenvalue weighted by atomic mass is 19.2. The van der Waals surface area contributed by atoms with Crippen LogP contribution in [0.2, 0.25) is 0 Å². The van der Waals surface area contributed by atoms with Crippen LogP contribution < -0.4 is 4.74 Å².